The maximum absolute atomic E-state index is 5.99. The SMILES string of the molecule is COc1ccc(CNCc2ccc(OCc3nnnn3-c3ccc(C)cc3)c(OC)c2)cc1.Cl. The van der Waals surface area contributed by atoms with E-state index in [4.69, 9.17) is 14.2 Å². The van der Waals surface area contributed by atoms with E-state index in [0.29, 0.717) is 23.9 Å². The molecule has 0 fully saturated rings. The Hall–Kier alpha value is -3.62. The van der Waals surface area contributed by atoms with Gasteiger partial charge in [0.2, 0.25) is 0 Å². The highest BCUT2D eigenvalue weighted by atomic mass is 35.5. The molecule has 0 spiro atoms. The molecule has 3 aromatic carbocycles. The maximum Gasteiger partial charge on any atom is 0.194 e. The maximum atomic E-state index is 5.99. The molecule has 0 unspecified atom stereocenters. The number of hydrogen-bond acceptors (Lipinski definition) is 7. The lowest BCUT2D eigenvalue weighted by molar-refractivity contribution is 0.273. The molecule has 0 aliphatic heterocycles. The topological polar surface area (TPSA) is 83.3 Å². The fourth-order valence-corrected chi connectivity index (χ4v) is 3.36. The van der Waals surface area contributed by atoms with Crippen LogP contribution in [0.3, 0.4) is 0 Å². The van der Waals surface area contributed by atoms with Crippen molar-refractivity contribution in [1.82, 2.24) is 25.5 Å². The van der Waals surface area contributed by atoms with Gasteiger partial charge in [0.15, 0.2) is 23.9 Å². The summed E-state index contributed by atoms with van der Waals surface area (Å²) in [6.45, 7) is 3.71. The Morgan fingerprint density at radius 1 is 0.824 bits per heavy atom. The standard InChI is InChI=1S/C25H27N5O3.ClH/c1-18-4-9-21(10-5-18)30-25(27-28-29-30)17-33-23-13-8-20(14-24(23)32-3)16-26-15-19-6-11-22(31-2)12-7-19;/h4-14,26H,15-17H2,1-3H3;1H. The van der Waals surface area contributed by atoms with Crippen molar-refractivity contribution >= 4 is 12.4 Å². The Balaban J connectivity index is 0.00000324. The van der Waals surface area contributed by atoms with Gasteiger partial charge in [-0.15, -0.1) is 17.5 Å². The third-order valence-electron chi connectivity index (χ3n) is 5.21. The average molecular weight is 482 g/mol. The summed E-state index contributed by atoms with van der Waals surface area (Å²) in [5, 5.41) is 15.4. The van der Waals surface area contributed by atoms with Crippen molar-refractivity contribution in [3.63, 3.8) is 0 Å². The predicted molar refractivity (Wildman–Crippen MR) is 132 cm³/mol. The van der Waals surface area contributed by atoms with Crippen LogP contribution in [0.2, 0.25) is 0 Å². The van der Waals surface area contributed by atoms with E-state index in [1.807, 2.05) is 73.7 Å². The number of aromatic nitrogens is 4. The van der Waals surface area contributed by atoms with Gasteiger partial charge in [-0.3, -0.25) is 0 Å². The van der Waals surface area contributed by atoms with Gasteiger partial charge in [-0.05, 0) is 64.9 Å². The van der Waals surface area contributed by atoms with E-state index in [1.54, 1.807) is 18.9 Å². The second-order valence-corrected chi connectivity index (χ2v) is 7.57. The van der Waals surface area contributed by atoms with E-state index < -0.39 is 0 Å². The minimum Gasteiger partial charge on any atom is -0.497 e. The molecule has 0 amide bonds. The van der Waals surface area contributed by atoms with E-state index in [-0.39, 0.29) is 19.0 Å². The number of nitrogens with zero attached hydrogens (tertiary/aromatic N) is 4. The van der Waals surface area contributed by atoms with Gasteiger partial charge < -0.3 is 19.5 Å². The minimum atomic E-state index is 0. The zero-order valence-electron chi connectivity index (χ0n) is 19.4. The summed E-state index contributed by atoms with van der Waals surface area (Å²) >= 11 is 0. The van der Waals surface area contributed by atoms with E-state index in [1.165, 1.54) is 11.1 Å². The first-order chi connectivity index (χ1) is 16.2. The van der Waals surface area contributed by atoms with E-state index >= 15 is 0 Å². The lowest BCUT2D eigenvalue weighted by Gasteiger charge is -2.13. The number of rotatable bonds is 10. The second kappa shape index (κ2) is 12.0. The Labute approximate surface area is 205 Å². The van der Waals surface area contributed by atoms with Gasteiger partial charge in [0.1, 0.15) is 5.75 Å². The molecule has 9 heteroatoms. The van der Waals surface area contributed by atoms with Crippen LogP contribution < -0.4 is 19.5 Å². The first-order valence-corrected chi connectivity index (χ1v) is 10.6. The fraction of sp³-hybridized carbons (Fsp3) is 0.240. The molecule has 0 aliphatic rings. The van der Waals surface area contributed by atoms with Crippen LogP contribution in [-0.2, 0) is 19.7 Å². The Morgan fingerprint density at radius 2 is 1.53 bits per heavy atom. The molecule has 1 N–H and O–H groups in total. The summed E-state index contributed by atoms with van der Waals surface area (Å²) in [7, 11) is 3.30. The number of ether oxygens (including phenoxy) is 3. The molecule has 0 aliphatic carbocycles. The number of halogens is 1. The third kappa shape index (κ3) is 6.24. The smallest absolute Gasteiger partial charge is 0.194 e. The largest absolute Gasteiger partial charge is 0.497 e. The molecule has 8 nitrogen and oxygen atoms in total. The molecule has 1 heterocycles. The highest BCUT2D eigenvalue weighted by Crippen LogP contribution is 2.29. The van der Waals surface area contributed by atoms with Gasteiger partial charge in [0.25, 0.3) is 0 Å². The van der Waals surface area contributed by atoms with E-state index in [9.17, 15) is 0 Å². The number of methoxy groups -OCH3 is 2. The van der Waals surface area contributed by atoms with Crippen LogP contribution in [0.25, 0.3) is 5.69 Å². The van der Waals surface area contributed by atoms with Gasteiger partial charge in [-0.1, -0.05) is 35.9 Å². The summed E-state index contributed by atoms with van der Waals surface area (Å²) in [5.41, 5.74) is 4.34. The van der Waals surface area contributed by atoms with Crippen LogP contribution in [0, 0.1) is 6.92 Å². The van der Waals surface area contributed by atoms with Gasteiger partial charge in [-0.25, -0.2) is 0 Å². The molecular formula is C25H28ClN5O3. The lowest BCUT2D eigenvalue weighted by Crippen LogP contribution is -2.13. The van der Waals surface area contributed by atoms with Gasteiger partial charge in [0.05, 0.1) is 19.9 Å². The molecule has 0 radical (unpaired) electrons. The summed E-state index contributed by atoms with van der Waals surface area (Å²) in [4.78, 5) is 0. The molecule has 1 aromatic heterocycles. The lowest BCUT2D eigenvalue weighted by atomic mass is 10.2. The normalized spacial score (nSPS) is 10.4. The highest BCUT2D eigenvalue weighted by molar-refractivity contribution is 5.85. The first kappa shape index (κ1) is 25.0. The Kier molecular flexibility index (Phi) is 8.84. The summed E-state index contributed by atoms with van der Waals surface area (Å²) in [6, 6.07) is 21.9. The van der Waals surface area contributed by atoms with Crippen LogP contribution in [0.4, 0.5) is 0 Å². The molecule has 178 valence electrons. The molecule has 34 heavy (non-hydrogen) atoms. The highest BCUT2D eigenvalue weighted by Gasteiger charge is 2.12. The Morgan fingerprint density at radius 3 is 2.24 bits per heavy atom. The van der Waals surface area contributed by atoms with Crippen LogP contribution in [0.5, 0.6) is 17.2 Å². The molecular weight excluding hydrogens is 454 g/mol. The van der Waals surface area contributed by atoms with Crippen molar-refractivity contribution in [2.75, 3.05) is 14.2 Å². The summed E-state index contributed by atoms with van der Waals surface area (Å²) in [5.74, 6) is 2.75. The van der Waals surface area contributed by atoms with Crippen LogP contribution in [-0.4, -0.2) is 34.4 Å². The predicted octanol–water partition coefficient (Wildman–Crippen LogP) is 4.28. The number of nitrogens with one attached hydrogen (secondary N) is 1. The molecule has 0 bridgehead atoms. The fourth-order valence-electron chi connectivity index (χ4n) is 3.36. The summed E-state index contributed by atoms with van der Waals surface area (Å²) < 4.78 is 18.4. The van der Waals surface area contributed by atoms with Crippen LogP contribution >= 0.6 is 12.4 Å². The number of benzene rings is 3. The first-order valence-electron chi connectivity index (χ1n) is 10.6. The van der Waals surface area contributed by atoms with Crippen molar-refractivity contribution in [3.05, 3.63) is 89.2 Å². The second-order valence-electron chi connectivity index (χ2n) is 7.57. The molecule has 0 saturated heterocycles. The zero-order chi connectivity index (χ0) is 23.0. The Bertz CT molecular complexity index is 1180. The van der Waals surface area contributed by atoms with E-state index in [2.05, 4.69) is 20.8 Å². The van der Waals surface area contributed by atoms with E-state index in [0.717, 1.165) is 23.5 Å². The van der Waals surface area contributed by atoms with Crippen molar-refractivity contribution in [2.24, 2.45) is 0 Å². The molecule has 4 rings (SSSR count). The third-order valence-corrected chi connectivity index (χ3v) is 5.21. The average Bonchev–Trinajstić information content (AvgIpc) is 3.32. The number of tetrazole rings is 1. The van der Waals surface area contributed by atoms with Crippen LogP contribution in [0.1, 0.15) is 22.5 Å². The minimum absolute atomic E-state index is 0. The van der Waals surface area contributed by atoms with Crippen molar-refractivity contribution < 1.29 is 14.2 Å². The van der Waals surface area contributed by atoms with Gasteiger partial charge in [-0.2, -0.15) is 4.68 Å². The molecule has 0 atom stereocenters. The van der Waals surface area contributed by atoms with Crippen LogP contribution in [0.15, 0.2) is 66.7 Å². The molecule has 0 saturated carbocycles. The zero-order valence-corrected chi connectivity index (χ0v) is 20.2. The van der Waals surface area contributed by atoms with Crippen molar-refractivity contribution in [1.29, 1.82) is 0 Å². The molecule has 4 aromatic rings. The van der Waals surface area contributed by atoms with Gasteiger partial charge >= 0.3 is 0 Å². The quantitative estimate of drug-likeness (QED) is 0.362. The summed E-state index contributed by atoms with van der Waals surface area (Å²) in [6.07, 6.45) is 0. The number of hydrogen-bond donors (Lipinski definition) is 1. The van der Waals surface area contributed by atoms with Crippen molar-refractivity contribution in [2.45, 2.75) is 26.6 Å². The monoisotopic (exact) mass is 481 g/mol. The number of aryl methyl sites for hydroxylation is 1. The van der Waals surface area contributed by atoms with Gasteiger partial charge in [0, 0.05) is 13.1 Å². The van der Waals surface area contributed by atoms with Crippen molar-refractivity contribution in [3.8, 4) is 22.9 Å².